The van der Waals surface area contributed by atoms with Gasteiger partial charge in [-0.05, 0) is 47.6 Å². The predicted octanol–water partition coefficient (Wildman–Crippen LogP) is 2.97. The van der Waals surface area contributed by atoms with Gasteiger partial charge in [-0.25, -0.2) is 8.78 Å². The Balaban J connectivity index is 1.79. The molecule has 0 radical (unpaired) electrons. The van der Waals surface area contributed by atoms with Crippen LogP contribution in [-0.2, 0) is 6.54 Å². The number of nitrogens with zero attached hydrogens (tertiary/aromatic N) is 1. The van der Waals surface area contributed by atoms with Gasteiger partial charge in [-0.3, -0.25) is 5.43 Å². The van der Waals surface area contributed by atoms with Crippen molar-refractivity contribution >= 4 is 23.5 Å². The first-order valence-corrected chi connectivity index (χ1v) is 7.14. The largest absolute Gasteiger partial charge is 0.497 e. The second kappa shape index (κ2) is 8.19. The van der Waals surface area contributed by atoms with E-state index in [2.05, 4.69) is 15.8 Å². The quantitative estimate of drug-likeness (QED) is 0.501. The van der Waals surface area contributed by atoms with Gasteiger partial charge in [0.2, 0.25) is 0 Å². The molecule has 0 saturated carbocycles. The number of hydrogen-bond acceptors (Lipinski definition) is 3. The molecule has 7 heteroatoms. The molecular weight excluding hydrogens is 320 g/mol. The maximum atomic E-state index is 13.0. The van der Waals surface area contributed by atoms with E-state index < -0.39 is 11.6 Å². The highest BCUT2D eigenvalue weighted by Crippen LogP contribution is 2.10. The van der Waals surface area contributed by atoms with Crippen molar-refractivity contribution in [2.45, 2.75) is 6.54 Å². The molecule has 0 heterocycles. The number of thiocarbonyl (C=S) groups is 1. The average molecular weight is 335 g/mol. The molecule has 0 saturated heterocycles. The third-order valence-electron chi connectivity index (χ3n) is 2.94. The smallest absolute Gasteiger partial charge is 0.187 e. The second-order valence-electron chi connectivity index (χ2n) is 4.57. The minimum absolute atomic E-state index is 0.319. The molecule has 120 valence electrons. The molecule has 0 atom stereocenters. The summed E-state index contributed by atoms with van der Waals surface area (Å²) in [6, 6.07) is 11.0. The minimum atomic E-state index is -0.922. The maximum absolute atomic E-state index is 13.0. The SMILES string of the molecule is COc1ccc(CNC(=S)N/N=C\c2ccc(F)c(F)c2)cc1. The molecule has 2 aromatic carbocycles. The van der Waals surface area contributed by atoms with Gasteiger partial charge in [-0.15, -0.1) is 0 Å². The maximum Gasteiger partial charge on any atom is 0.187 e. The molecule has 0 spiro atoms. The summed E-state index contributed by atoms with van der Waals surface area (Å²) in [6.45, 7) is 0.524. The van der Waals surface area contributed by atoms with E-state index >= 15 is 0 Å². The Kier molecular flexibility index (Phi) is 5.99. The molecule has 0 aliphatic heterocycles. The van der Waals surface area contributed by atoms with Gasteiger partial charge < -0.3 is 10.1 Å². The first-order chi connectivity index (χ1) is 11.1. The van der Waals surface area contributed by atoms with Crippen LogP contribution < -0.4 is 15.5 Å². The van der Waals surface area contributed by atoms with Crippen LogP contribution in [0.15, 0.2) is 47.6 Å². The lowest BCUT2D eigenvalue weighted by Crippen LogP contribution is -2.31. The highest BCUT2D eigenvalue weighted by molar-refractivity contribution is 7.80. The van der Waals surface area contributed by atoms with Crippen molar-refractivity contribution in [2.75, 3.05) is 7.11 Å². The summed E-state index contributed by atoms with van der Waals surface area (Å²) in [5.74, 6) is -1.04. The highest BCUT2D eigenvalue weighted by Gasteiger charge is 2.00. The lowest BCUT2D eigenvalue weighted by atomic mass is 10.2. The number of ether oxygens (including phenoxy) is 1. The van der Waals surface area contributed by atoms with Crippen molar-refractivity contribution in [2.24, 2.45) is 5.10 Å². The molecule has 0 aliphatic carbocycles. The summed E-state index contributed by atoms with van der Waals surface area (Å²) >= 11 is 5.07. The Labute approximate surface area is 138 Å². The van der Waals surface area contributed by atoms with Crippen LogP contribution in [0.4, 0.5) is 8.78 Å². The van der Waals surface area contributed by atoms with E-state index in [4.69, 9.17) is 17.0 Å². The Morgan fingerprint density at radius 2 is 1.91 bits per heavy atom. The fourth-order valence-electron chi connectivity index (χ4n) is 1.72. The molecular formula is C16H15F2N3OS. The third-order valence-corrected chi connectivity index (χ3v) is 3.17. The average Bonchev–Trinajstić information content (AvgIpc) is 2.56. The molecule has 4 nitrogen and oxygen atoms in total. The third kappa shape index (κ3) is 5.30. The van der Waals surface area contributed by atoms with Crippen molar-refractivity contribution in [1.82, 2.24) is 10.7 Å². The number of methoxy groups -OCH3 is 1. The Morgan fingerprint density at radius 3 is 2.57 bits per heavy atom. The van der Waals surface area contributed by atoms with Crippen LogP contribution >= 0.6 is 12.2 Å². The van der Waals surface area contributed by atoms with Gasteiger partial charge in [0.25, 0.3) is 0 Å². The minimum Gasteiger partial charge on any atom is -0.497 e. The van der Waals surface area contributed by atoms with Crippen LogP contribution in [0.5, 0.6) is 5.75 Å². The van der Waals surface area contributed by atoms with Crippen LogP contribution in [-0.4, -0.2) is 18.4 Å². The first-order valence-electron chi connectivity index (χ1n) is 6.73. The zero-order chi connectivity index (χ0) is 16.7. The molecule has 23 heavy (non-hydrogen) atoms. The zero-order valence-corrected chi connectivity index (χ0v) is 13.2. The van der Waals surface area contributed by atoms with Crippen molar-refractivity contribution < 1.29 is 13.5 Å². The Morgan fingerprint density at radius 1 is 1.17 bits per heavy atom. The topological polar surface area (TPSA) is 45.6 Å². The number of halogens is 2. The van der Waals surface area contributed by atoms with Gasteiger partial charge in [0.15, 0.2) is 16.7 Å². The molecule has 0 fully saturated rings. The van der Waals surface area contributed by atoms with Gasteiger partial charge in [-0.2, -0.15) is 5.10 Å². The van der Waals surface area contributed by atoms with Gasteiger partial charge in [-0.1, -0.05) is 18.2 Å². The Bertz CT molecular complexity index is 705. The van der Waals surface area contributed by atoms with Crippen molar-refractivity contribution in [3.05, 3.63) is 65.2 Å². The monoisotopic (exact) mass is 335 g/mol. The molecule has 0 aliphatic rings. The van der Waals surface area contributed by atoms with E-state index in [1.165, 1.54) is 12.3 Å². The molecule has 0 unspecified atom stereocenters. The summed E-state index contributed by atoms with van der Waals surface area (Å²) < 4.78 is 30.9. The number of rotatable bonds is 5. The first kappa shape index (κ1) is 16.8. The zero-order valence-electron chi connectivity index (χ0n) is 12.3. The molecule has 2 N–H and O–H groups in total. The van der Waals surface area contributed by atoms with Crippen LogP contribution in [0.1, 0.15) is 11.1 Å². The van der Waals surface area contributed by atoms with E-state index in [0.29, 0.717) is 17.2 Å². The summed E-state index contributed by atoms with van der Waals surface area (Å²) in [5, 5.41) is 7.16. The lowest BCUT2D eigenvalue weighted by molar-refractivity contribution is 0.414. The van der Waals surface area contributed by atoms with E-state index in [0.717, 1.165) is 23.4 Å². The number of nitrogens with one attached hydrogen (secondary N) is 2. The van der Waals surface area contributed by atoms with Crippen molar-refractivity contribution in [3.8, 4) is 5.75 Å². The van der Waals surface area contributed by atoms with Crippen molar-refractivity contribution in [1.29, 1.82) is 0 Å². The summed E-state index contributed by atoms with van der Waals surface area (Å²) in [5.41, 5.74) is 4.06. The number of hydrazone groups is 1. The van der Waals surface area contributed by atoms with E-state index in [-0.39, 0.29) is 0 Å². The van der Waals surface area contributed by atoms with E-state index in [9.17, 15) is 8.78 Å². The van der Waals surface area contributed by atoms with Crippen LogP contribution in [0.3, 0.4) is 0 Å². The summed E-state index contributed by atoms with van der Waals surface area (Å²) in [7, 11) is 1.61. The fourth-order valence-corrected chi connectivity index (χ4v) is 1.85. The Hall–Kier alpha value is -2.54. The summed E-state index contributed by atoms with van der Waals surface area (Å²) in [4.78, 5) is 0. The van der Waals surface area contributed by atoms with Crippen molar-refractivity contribution in [3.63, 3.8) is 0 Å². The second-order valence-corrected chi connectivity index (χ2v) is 4.98. The molecule has 0 aromatic heterocycles. The number of hydrogen-bond donors (Lipinski definition) is 2. The fraction of sp³-hybridized carbons (Fsp3) is 0.125. The standard InChI is InChI=1S/C16H15F2N3OS/c1-22-13-5-2-11(3-6-13)9-19-16(23)21-20-10-12-4-7-14(17)15(18)8-12/h2-8,10H,9H2,1H3,(H2,19,21,23)/b20-10-. The molecule has 2 rings (SSSR count). The molecule has 0 amide bonds. The molecule has 0 bridgehead atoms. The normalized spacial score (nSPS) is 10.6. The predicted molar refractivity (Wildman–Crippen MR) is 89.5 cm³/mol. The van der Waals surface area contributed by atoms with Gasteiger partial charge in [0, 0.05) is 6.54 Å². The van der Waals surface area contributed by atoms with Crippen LogP contribution in [0, 0.1) is 11.6 Å². The summed E-state index contributed by atoms with van der Waals surface area (Å²) in [6.07, 6.45) is 1.35. The number of benzene rings is 2. The van der Waals surface area contributed by atoms with E-state index in [1.807, 2.05) is 24.3 Å². The highest BCUT2D eigenvalue weighted by atomic mass is 32.1. The van der Waals surface area contributed by atoms with Gasteiger partial charge >= 0.3 is 0 Å². The molecule has 2 aromatic rings. The van der Waals surface area contributed by atoms with Gasteiger partial charge in [0.05, 0.1) is 13.3 Å². The van der Waals surface area contributed by atoms with Crippen LogP contribution in [0.2, 0.25) is 0 Å². The lowest BCUT2D eigenvalue weighted by Gasteiger charge is -2.07. The van der Waals surface area contributed by atoms with Gasteiger partial charge in [0.1, 0.15) is 5.75 Å². The van der Waals surface area contributed by atoms with Crippen LogP contribution in [0.25, 0.3) is 0 Å². The van der Waals surface area contributed by atoms with E-state index in [1.54, 1.807) is 7.11 Å².